The number of carbonyl (C=O) groups is 1. The number of carbonyl (C=O) groups excluding carboxylic acids is 1. The Kier molecular flexibility index (Phi) is 6.24. The molecule has 1 aliphatic heterocycles. The molecule has 0 unspecified atom stereocenters. The van der Waals surface area contributed by atoms with Gasteiger partial charge in [0.1, 0.15) is 22.6 Å². The molecule has 0 spiro atoms. The van der Waals surface area contributed by atoms with Crippen molar-refractivity contribution in [1.82, 2.24) is 9.97 Å². The van der Waals surface area contributed by atoms with Crippen molar-refractivity contribution in [1.29, 1.82) is 0 Å². The molecule has 1 saturated heterocycles. The number of anilines is 2. The maximum atomic E-state index is 12.4. The lowest BCUT2D eigenvalue weighted by Gasteiger charge is -2.22. The number of aliphatic imine (C=N–C) groups is 1. The van der Waals surface area contributed by atoms with Crippen LogP contribution in [0.15, 0.2) is 35.5 Å². The molecule has 0 radical (unpaired) electrons. The predicted octanol–water partition coefficient (Wildman–Crippen LogP) is 3.10. The first-order valence-electron chi connectivity index (χ1n) is 9.03. The highest BCUT2D eigenvalue weighted by atomic mass is 35.5. The van der Waals surface area contributed by atoms with Gasteiger partial charge in [-0.3, -0.25) is 4.79 Å². The number of halogens is 1. The summed E-state index contributed by atoms with van der Waals surface area (Å²) in [6, 6.07) is 6.96. The quantitative estimate of drug-likeness (QED) is 0.476. The second-order valence-electron chi connectivity index (χ2n) is 6.36. The van der Waals surface area contributed by atoms with Crippen molar-refractivity contribution in [2.75, 3.05) is 30.4 Å². The third-order valence-corrected chi connectivity index (χ3v) is 4.84. The monoisotopic (exact) mass is 386 g/mol. The Morgan fingerprint density at radius 1 is 1.19 bits per heavy atom. The van der Waals surface area contributed by atoms with Crippen molar-refractivity contribution in [2.24, 2.45) is 10.7 Å². The van der Waals surface area contributed by atoms with Gasteiger partial charge in [0.25, 0.3) is 5.91 Å². The zero-order valence-corrected chi connectivity index (χ0v) is 16.0. The predicted molar refractivity (Wildman–Crippen MR) is 109 cm³/mol. The molecule has 27 heavy (non-hydrogen) atoms. The Balaban J connectivity index is 1.87. The average molecular weight is 387 g/mol. The van der Waals surface area contributed by atoms with Crippen molar-refractivity contribution in [2.45, 2.75) is 25.7 Å². The van der Waals surface area contributed by atoms with Gasteiger partial charge < -0.3 is 16.0 Å². The largest absolute Gasteiger partial charge is 0.383 e. The van der Waals surface area contributed by atoms with E-state index < -0.39 is 5.91 Å². The molecule has 3 heterocycles. The van der Waals surface area contributed by atoms with E-state index in [0.717, 1.165) is 18.9 Å². The molecule has 1 fully saturated rings. The summed E-state index contributed by atoms with van der Waals surface area (Å²) in [4.78, 5) is 27.2. The topological polar surface area (TPSA) is 96.5 Å². The van der Waals surface area contributed by atoms with Crippen molar-refractivity contribution in [3.05, 3.63) is 46.7 Å². The zero-order valence-electron chi connectivity index (χ0n) is 15.3. The van der Waals surface area contributed by atoms with E-state index in [1.54, 1.807) is 19.2 Å². The van der Waals surface area contributed by atoms with Gasteiger partial charge in [0, 0.05) is 26.3 Å². The number of nitrogens with one attached hydrogen (secondary N) is 1. The average Bonchev–Trinajstić information content (AvgIpc) is 2.97. The molecule has 1 amide bonds. The van der Waals surface area contributed by atoms with Crippen LogP contribution in [0, 0.1) is 0 Å². The normalized spacial score (nSPS) is 15.3. The highest BCUT2D eigenvalue weighted by Gasteiger charge is 2.16. The Bertz CT molecular complexity index is 846. The summed E-state index contributed by atoms with van der Waals surface area (Å²) in [6.45, 7) is 1.99. The summed E-state index contributed by atoms with van der Waals surface area (Å²) in [7, 11) is 1.77. The number of amides is 1. The molecule has 3 rings (SSSR count). The molecule has 2 aromatic rings. The van der Waals surface area contributed by atoms with Crippen LogP contribution in [-0.4, -0.2) is 41.8 Å². The van der Waals surface area contributed by atoms with Crippen LogP contribution in [0.25, 0.3) is 0 Å². The fraction of sp³-hybridized carbons (Fsp3) is 0.368. The standard InChI is InChI=1S/C19H23ClN6O/c1-22-18-14(8-9-15(24-18)26-11-4-2-3-5-12-26)17(21)25-19(27)13-7-6-10-23-16(13)20/h6-10H,2-5,11-12H2,1H3,(H,22,24)(H2,21,25,27). The molecule has 142 valence electrons. The lowest BCUT2D eigenvalue weighted by Crippen LogP contribution is -2.26. The van der Waals surface area contributed by atoms with Gasteiger partial charge in [-0.15, -0.1) is 0 Å². The van der Waals surface area contributed by atoms with Crippen LogP contribution in [0.4, 0.5) is 11.6 Å². The van der Waals surface area contributed by atoms with E-state index >= 15 is 0 Å². The van der Waals surface area contributed by atoms with E-state index in [9.17, 15) is 4.79 Å². The first kappa shape index (κ1) is 19.1. The molecule has 2 aromatic heterocycles. The molecular formula is C19H23ClN6O. The smallest absolute Gasteiger partial charge is 0.282 e. The van der Waals surface area contributed by atoms with Crippen LogP contribution in [0.2, 0.25) is 5.15 Å². The number of nitrogens with zero attached hydrogens (tertiary/aromatic N) is 4. The van der Waals surface area contributed by atoms with Crippen LogP contribution >= 0.6 is 11.6 Å². The zero-order chi connectivity index (χ0) is 19.2. The number of hydrogen-bond donors (Lipinski definition) is 2. The van der Waals surface area contributed by atoms with Gasteiger partial charge in [-0.1, -0.05) is 24.4 Å². The summed E-state index contributed by atoms with van der Waals surface area (Å²) in [5, 5.41) is 3.15. The summed E-state index contributed by atoms with van der Waals surface area (Å²) in [6.07, 6.45) is 6.36. The molecule has 3 N–H and O–H groups in total. The van der Waals surface area contributed by atoms with Gasteiger partial charge in [-0.25, -0.2) is 9.97 Å². The van der Waals surface area contributed by atoms with Crippen LogP contribution in [0.3, 0.4) is 0 Å². The van der Waals surface area contributed by atoms with E-state index in [-0.39, 0.29) is 16.6 Å². The Morgan fingerprint density at radius 2 is 1.93 bits per heavy atom. The minimum absolute atomic E-state index is 0.0826. The Labute approximate surface area is 163 Å². The van der Waals surface area contributed by atoms with E-state index in [1.807, 2.05) is 12.1 Å². The first-order chi connectivity index (χ1) is 13.1. The van der Waals surface area contributed by atoms with Crippen LogP contribution in [-0.2, 0) is 0 Å². The third kappa shape index (κ3) is 4.54. The van der Waals surface area contributed by atoms with Gasteiger partial charge in [0.15, 0.2) is 0 Å². The number of pyridine rings is 2. The Morgan fingerprint density at radius 3 is 2.59 bits per heavy atom. The van der Waals surface area contributed by atoms with E-state index in [2.05, 4.69) is 25.2 Å². The lowest BCUT2D eigenvalue weighted by atomic mass is 10.2. The van der Waals surface area contributed by atoms with Crippen molar-refractivity contribution < 1.29 is 4.79 Å². The molecule has 7 nitrogen and oxygen atoms in total. The number of aromatic nitrogens is 2. The van der Waals surface area contributed by atoms with Gasteiger partial charge in [-0.2, -0.15) is 4.99 Å². The van der Waals surface area contributed by atoms with E-state index in [1.165, 1.54) is 31.9 Å². The molecule has 0 saturated carbocycles. The van der Waals surface area contributed by atoms with Gasteiger partial charge in [0.05, 0.1) is 11.1 Å². The summed E-state index contributed by atoms with van der Waals surface area (Å²) >= 11 is 5.96. The summed E-state index contributed by atoms with van der Waals surface area (Å²) in [5.41, 5.74) is 6.87. The van der Waals surface area contributed by atoms with E-state index in [4.69, 9.17) is 17.3 Å². The molecule has 0 atom stereocenters. The fourth-order valence-corrected chi connectivity index (χ4v) is 3.30. The Hall–Kier alpha value is -2.67. The SMILES string of the molecule is CNc1nc(N2CCCCCC2)ccc1C(N)=NC(=O)c1cccnc1Cl. The van der Waals surface area contributed by atoms with Crippen molar-refractivity contribution in [3.8, 4) is 0 Å². The molecule has 0 bridgehead atoms. The third-order valence-electron chi connectivity index (χ3n) is 4.53. The lowest BCUT2D eigenvalue weighted by molar-refractivity contribution is 0.100. The van der Waals surface area contributed by atoms with Gasteiger partial charge in [-0.05, 0) is 37.1 Å². The fourth-order valence-electron chi connectivity index (χ4n) is 3.10. The highest BCUT2D eigenvalue weighted by Crippen LogP contribution is 2.22. The number of hydrogen-bond acceptors (Lipinski definition) is 5. The minimum atomic E-state index is -0.538. The maximum Gasteiger partial charge on any atom is 0.282 e. The molecular weight excluding hydrogens is 364 g/mol. The number of rotatable bonds is 4. The molecule has 0 aromatic carbocycles. The van der Waals surface area contributed by atoms with Crippen LogP contribution < -0.4 is 16.0 Å². The van der Waals surface area contributed by atoms with Crippen LogP contribution in [0.5, 0.6) is 0 Å². The van der Waals surface area contributed by atoms with E-state index in [0.29, 0.717) is 11.4 Å². The molecule has 1 aliphatic rings. The van der Waals surface area contributed by atoms with Gasteiger partial charge in [0.2, 0.25) is 0 Å². The number of amidine groups is 1. The molecule has 8 heteroatoms. The minimum Gasteiger partial charge on any atom is -0.383 e. The van der Waals surface area contributed by atoms with Gasteiger partial charge >= 0.3 is 0 Å². The van der Waals surface area contributed by atoms with Crippen molar-refractivity contribution in [3.63, 3.8) is 0 Å². The highest BCUT2D eigenvalue weighted by molar-refractivity contribution is 6.33. The molecule has 0 aliphatic carbocycles. The van der Waals surface area contributed by atoms with Crippen LogP contribution in [0.1, 0.15) is 41.6 Å². The second-order valence-corrected chi connectivity index (χ2v) is 6.72. The maximum absolute atomic E-state index is 12.4. The number of nitrogens with two attached hydrogens (primary N) is 1. The summed E-state index contributed by atoms with van der Waals surface area (Å²) < 4.78 is 0. The van der Waals surface area contributed by atoms with Crippen molar-refractivity contribution >= 4 is 35.0 Å². The first-order valence-corrected chi connectivity index (χ1v) is 9.41. The second kappa shape index (κ2) is 8.81. The summed E-state index contributed by atoms with van der Waals surface area (Å²) in [5.74, 6) is 1.03.